The van der Waals surface area contributed by atoms with E-state index in [2.05, 4.69) is 12.1 Å². The maximum atomic E-state index is 10.8. The Morgan fingerprint density at radius 2 is 1.86 bits per heavy atom. The third-order valence-electron chi connectivity index (χ3n) is 2.19. The molecule has 0 spiro atoms. The highest BCUT2D eigenvalue weighted by Gasteiger charge is 1.98. The molecule has 14 heavy (non-hydrogen) atoms. The fraction of sp³-hybridized carbons (Fsp3) is 0.417. The first kappa shape index (κ1) is 10.9. The molecule has 0 aliphatic heterocycles. The Hall–Kier alpha value is -1.15. The predicted octanol–water partition coefficient (Wildman–Crippen LogP) is 1.96. The number of benzene rings is 1. The fourth-order valence-electron chi connectivity index (χ4n) is 1.38. The van der Waals surface area contributed by atoms with Gasteiger partial charge in [0.15, 0.2) is 5.78 Å². The quantitative estimate of drug-likeness (QED) is 0.699. The molecule has 1 rings (SSSR count). The average Bonchev–Trinajstić information content (AvgIpc) is 2.25. The number of aliphatic hydroxyl groups is 1. The summed E-state index contributed by atoms with van der Waals surface area (Å²) in [4.78, 5) is 10.8. The SMILES string of the molecule is O=C(CO)CCCCc1ccccc1. The number of hydrogen-bond donors (Lipinski definition) is 1. The van der Waals surface area contributed by atoms with E-state index in [1.165, 1.54) is 5.56 Å². The summed E-state index contributed by atoms with van der Waals surface area (Å²) in [6.45, 7) is -0.314. The predicted molar refractivity (Wildman–Crippen MR) is 56.1 cm³/mol. The smallest absolute Gasteiger partial charge is 0.158 e. The normalized spacial score (nSPS) is 10.1. The molecule has 1 aromatic carbocycles. The standard InChI is InChI=1S/C12H16O2/c13-10-12(14)9-5-4-8-11-6-2-1-3-7-11/h1-3,6-7,13H,4-5,8-10H2. The van der Waals surface area contributed by atoms with Crippen molar-refractivity contribution >= 4 is 5.78 Å². The molecular formula is C12H16O2. The highest BCUT2D eigenvalue weighted by Crippen LogP contribution is 2.06. The van der Waals surface area contributed by atoms with E-state index in [0.717, 1.165) is 19.3 Å². The van der Waals surface area contributed by atoms with Crippen molar-refractivity contribution in [2.24, 2.45) is 0 Å². The number of aryl methyl sites for hydroxylation is 1. The lowest BCUT2D eigenvalue weighted by molar-refractivity contribution is -0.121. The van der Waals surface area contributed by atoms with E-state index < -0.39 is 0 Å². The molecule has 76 valence electrons. The van der Waals surface area contributed by atoms with Gasteiger partial charge in [-0.2, -0.15) is 0 Å². The molecule has 0 aliphatic carbocycles. The van der Waals surface area contributed by atoms with E-state index >= 15 is 0 Å². The molecule has 0 unspecified atom stereocenters. The van der Waals surface area contributed by atoms with E-state index in [-0.39, 0.29) is 12.4 Å². The van der Waals surface area contributed by atoms with Crippen molar-refractivity contribution < 1.29 is 9.90 Å². The highest BCUT2D eigenvalue weighted by molar-refractivity contribution is 5.79. The maximum Gasteiger partial charge on any atom is 0.158 e. The zero-order chi connectivity index (χ0) is 10.2. The fourth-order valence-corrected chi connectivity index (χ4v) is 1.38. The summed E-state index contributed by atoms with van der Waals surface area (Å²) in [5.74, 6) is -0.0574. The first-order valence-corrected chi connectivity index (χ1v) is 4.99. The van der Waals surface area contributed by atoms with Crippen LogP contribution in [0.4, 0.5) is 0 Å². The summed E-state index contributed by atoms with van der Waals surface area (Å²) in [6, 6.07) is 10.2. The number of ketones is 1. The molecule has 0 saturated heterocycles. The van der Waals surface area contributed by atoms with Crippen molar-refractivity contribution in [3.8, 4) is 0 Å². The average molecular weight is 192 g/mol. The number of rotatable bonds is 6. The molecule has 0 fully saturated rings. The van der Waals surface area contributed by atoms with Crippen LogP contribution in [0.2, 0.25) is 0 Å². The Balaban J connectivity index is 2.13. The van der Waals surface area contributed by atoms with Gasteiger partial charge in [0.2, 0.25) is 0 Å². The van der Waals surface area contributed by atoms with Gasteiger partial charge in [0.1, 0.15) is 6.61 Å². The van der Waals surface area contributed by atoms with Gasteiger partial charge in [0.05, 0.1) is 0 Å². The summed E-state index contributed by atoms with van der Waals surface area (Å²) in [7, 11) is 0. The van der Waals surface area contributed by atoms with Crippen LogP contribution in [-0.4, -0.2) is 17.5 Å². The van der Waals surface area contributed by atoms with Crippen LogP contribution in [0.25, 0.3) is 0 Å². The minimum absolute atomic E-state index is 0.0574. The lowest BCUT2D eigenvalue weighted by Gasteiger charge is -2.00. The molecule has 0 aliphatic rings. The second kappa shape index (κ2) is 6.33. The number of hydrogen-bond acceptors (Lipinski definition) is 2. The van der Waals surface area contributed by atoms with Gasteiger partial charge in [-0.3, -0.25) is 4.79 Å². The number of aliphatic hydroxyl groups excluding tert-OH is 1. The van der Waals surface area contributed by atoms with Crippen LogP contribution in [0.3, 0.4) is 0 Å². The van der Waals surface area contributed by atoms with Crippen molar-refractivity contribution in [1.82, 2.24) is 0 Å². The first-order chi connectivity index (χ1) is 6.83. The Morgan fingerprint density at radius 1 is 1.14 bits per heavy atom. The third-order valence-corrected chi connectivity index (χ3v) is 2.19. The van der Waals surface area contributed by atoms with Gasteiger partial charge in [-0.05, 0) is 24.8 Å². The van der Waals surface area contributed by atoms with Crippen LogP contribution in [0.1, 0.15) is 24.8 Å². The Kier molecular flexibility index (Phi) is 4.94. The van der Waals surface area contributed by atoms with Gasteiger partial charge in [-0.1, -0.05) is 30.3 Å². The van der Waals surface area contributed by atoms with Gasteiger partial charge in [0, 0.05) is 6.42 Å². The summed E-state index contributed by atoms with van der Waals surface area (Å²) < 4.78 is 0. The molecule has 0 amide bonds. The highest BCUT2D eigenvalue weighted by atomic mass is 16.3. The second-order valence-electron chi connectivity index (χ2n) is 3.39. The Morgan fingerprint density at radius 3 is 2.50 bits per heavy atom. The molecule has 0 bridgehead atoms. The summed E-state index contributed by atoms with van der Waals surface area (Å²) >= 11 is 0. The van der Waals surface area contributed by atoms with Crippen LogP contribution in [0, 0.1) is 0 Å². The molecule has 2 heteroatoms. The molecule has 0 radical (unpaired) electrons. The Bertz CT molecular complexity index is 267. The molecule has 0 atom stereocenters. The van der Waals surface area contributed by atoms with Crippen molar-refractivity contribution in [2.75, 3.05) is 6.61 Å². The van der Waals surface area contributed by atoms with Crippen molar-refractivity contribution in [1.29, 1.82) is 0 Å². The van der Waals surface area contributed by atoms with Crippen LogP contribution >= 0.6 is 0 Å². The number of Topliss-reactive ketones (excluding diaryl/α,β-unsaturated/α-hetero) is 1. The van der Waals surface area contributed by atoms with Crippen LogP contribution < -0.4 is 0 Å². The molecule has 2 nitrogen and oxygen atoms in total. The molecule has 0 saturated carbocycles. The van der Waals surface area contributed by atoms with E-state index in [1.807, 2.05) is 18.2 Å². The summed E-state index contributed by atoms with van der Waals surface area (Å²) in [6.07, 6.45) is 3.40. The van der Waals surface area contributed by atoms with Crippen LogP contribution in [-0.2, 0) is 11.2 Å². The van der Waals surface area contributed by atoms with E-state index in [0.29, 0.717) is 6.42 Å². The molecule has 0 aromatic heterocycles. The van der Waals surface area contributed by atoms with Gasteiger partial charge in [0.25, 0.3) is 0 Å². The minimum atomic E-state index is -0.314. The van der Waals surface area contributed by atoms with E-state index in [9.17, 15) is 4.79 Å². The lowest BCUT2D eigenvalue weighted by Crippen LogP contribution is -2.02. The Labute approximate surface area is 84.6 Å². The second-order valence-corrected chi connectivity index (χ2v) is 3.39. The maximum absolute atomic E-state index is 10.8. The number of carbonyl (C=O) groups is 1. The molecule has 1 N–H and O–H groups in total. The van der Waals surface area contributed by atoms with Crippen molar-refractivity contribution in [3.63, 3.8) is 0 Å². The van der Waals surface area contributed by atoms with Crippen LogP contribution in [0.15, 0.2) is 30.3 Å². The van der Waals surface area contributed by atoms with Crippen LogP contribution in [0.5, 0.6) is 0 Å². The zero-order valence-corrected chi connectivity index (χ0v) is 8.28. The van der Waals surface area contributed by atoms with E-state index in [1.54, 1.807) is 0 Å². The van der Waals surface area contributed by atoms with Gasteiger partial charge < -0.3 is 5.11 Å². The van der Waals surface area contributed by atoms with Crippen molar-refractivity contribution in [2.45, 2.75) is 25.7 Å². The number of unbranched alkanes of at least 4 members (excludes halogenated alkanes) is 1. The largest absolute Gasteiger partial charge is 0.389 e. The van der Waals surface area contributed by atoms with Crippen molar-refractivity contribution in [3.05, 3.63) is 35.9 Å². The first-order valence-electron chi connectivity index (χ1n) is 4.99. The molecule has 0 heterocycles. The van der Waals surface area contributed by atoms with Gasteiger partial charge >= 0.3 is 0 Å². The minimum Gasteiger partial charge on any atom is -0.389 e. The summed E-state index contributed by atoms with van der Waals surface area (Å²) in [5, 5.41) is 8.50. The lowest BCUT2D eigenvalue weighted by atomic mass is 10.1. The third kappa shape index (κ3) is 4.19. The molecular weight excluding hydrogens is 176 g/mol. The number of carbonyl (C=O) groups excluding carboxylic acids is 1. The van der Waals surface area contributed by atoms with Gasteiger partial charge in [-0.25, -0.2) is 0 Å². The zero-order valence-electron chi connectivity index (χ0n) is 8.28. The van der Waals surface area contributed by atoms with Gasteiger partial charge in [-0.15, -0.1) is 0 Å². The summed E-state index contributed by atoms with van der Waals surface area (Å²) in [5.41, 5.74) is 1.31. The molecule has 1 aromatic rings. The monoisotopic (exact) mass is 192 g/mol. The van der Waals surface area contributed by atoms with E-state index in [4.69, 9.17) is 5.11 Å². The topological polar surface area (TPSA) is 37.3 Å².